The summed E-state index contributed by atoms with van der Waals surface area (Å²) in [6.45, 7) is 5.87. The van der Waals surface area contributed by atoms with Crippen molar-refractivity contribution in [3.63, 3.8) is 0 Å². The van der Waals surface area contributed by atoms with Gasteiger partial charge in [0.15, 0.2) is 0 Å². The molecule has 3 rings (SSSR count). The second-order valence-corrected chi connectivity index (χ2v) is 6.84. The van der Waals surface area contributed by atoms with Crippen LogP contribution in [0.25, 0.3) is 0 Å². The highest BCUT2D eigenvalue weighted by Gasteiger charge is 2.32. The molecule has 26 heavy (non-hydrogen) atoms. The minimum absolute atomic E-state index is 0.0306. The van der Waals surface area contributed by atoms with E-state index in [9.17, 15) is 9.59 Å². The van der Waals surface area contributed by atoms with E-state index in [1.54, 1.807) is 0 Å². The number of rotatable bonds is 7. The fourth-order valence-electron chi connectivity index (χ4n) is 3.26. The Hall–Kier alpha value is -2.63. The Kier molecular flexibility index (Phi) is 5.71. The van der Waals surface area contributed by atoms with Gasteiger partial charge in [-0.1, -0.05) is 29.8 Å². The standard InChI is InChI=1S/C20H26N4O2/c1-3-23-11-10-17(22-23)13-21-19(25)12-18-8-9-20(26)24(18)14-16-6-4-15(2)5-7-16/h4-7,10-11,18H,3,8-9,12-14H2,1-2H3,(H,21,25). The van der Waals surface area contributed by atoms with Crippen LogP contribution in [0.5, 0.6) is 0 Å². The number of aromatic nitrogens is 2. The van der Waals surface area contributed by atoms with Gasteiger partial charge < -0.3 is 10.2 Å². The van der Waals surface area contributed by atoms with E-state index in [0.717, 1.165) is 24.2 Å². The molecule has 2 amide bonds. The molecular weight excluding hydrogens is 328 g/mol. The maximum atomic E-state index is 12.3. The van der Waals surface area contributed by atoms with Crippen LogP contribution in [0.3, 0.4) is 0 Å². The van der Waals surface area contributed by atoms with Crippen molar-refractivity contribution in [1.29, 1.82) is 0 Å². The molecule has 1 N–H and O–H groups in total. The maximum Gasteiger partial charge on any atom is 0.223 e. The number of carbonyl (C=O) groups excluding carboxylic acids is 2. The molecule has 6 heteroatoms. The van der Waals surface area contributed by atoms with Gasteiger partial charge in [-0.05, 0) is 31.9 Å². The van der Waals surface area contributed by atoms with Gasteiger partial charge >= 0.3 is 0 Å². The third kappa shape index (κ3) is 4.50. The zero-order chi connectivity index (χ0) is 18.5. The van der Waals surface area contributed by atoms with Crippen molar-refractivity contribution >= 4 is 11.8 Å². The van der Waals surface area contributed by atoms with Crippen LogP contribution >= 0.6 is 0 Å². The molecule has 2 aromatic rings. The zero-order valence-corrected chi connectivity index (χ0v) is 15.4. The summed E-state index contributed by atoms with van der Waals surface area (Å²) >= 11 is 0. The molecule has 1 aliphatic rings. The minimum atomic E-state index is -0.0374. The van der Waals surface area contributed by atoms with Crippen molar-refractivity contribution in [2.45, 2.75) is 58.8 Å². The first-order chi connectivity index (χ1) is 12.5. The summed E-state index contributed by atoms with van der Waals surface area (Å²) in [5.74, 6) is 0.0923. The summed E-state index contributed by atoms with van der Waals surface area (Å²) in [6.07, 6.45) is 3.50. The quantitative estimate of drug-likeness (QED) is 0.830. The smallest absolute Gasteiger partial charge is 0.223 e. The lowest BCUT2D eigenvalue weighted by atomic mass is 10.1. The Bertz CT molecular complexity index is 766. The second kappa shape index (κ2) is 8.17. The lowest BCUT2D eigenvalue weighted by Crippen LogP contribution is -2.37. The molecule has 1 atom stereocenters. The van der Waals surface area contributed by atoms with Crippen LogP contribution in [0.15, 0.2) is 36.5 Å². The van der Waals surface area contributed by atoms with Crippen LogP contribution in [0.2, 0.25) is 0 Å². The highest BCUT2D eigenvalue weighted by Crippen LogP contribution is 2.24. The van der Waals surface area contributed by atoms with E-state index in [-0.39, 0.29) is 17.9 Å². The first-order valence-corrected chi connectivity index (χ1v) is 9.19. The molecule has 2 heterocycles. The first kappa shape index (κ1) is 18.2. The van der Waals surface area contributed by atoms with Crippen LogP contribution in [-0.4, -0.2) is 32.5 Å². The molecule has 1 fully saturated rings. The summed E-state index contributed by atoms with van der Waals surface area (Å²) in [5.41, 5.74) is 3.14. The highest BCUT2D eigenvalue weighted by molar-refractivity contribution is 5.82. The fourth-order valence-corrected chi connectivity index (χ4v) is 3.26. The number of nitrogens with one attached hydrogen (secondary N) is 1. The Morgan fingerprint density at radius 2 is 2.04 bits per heavy atom. The normalized spacial score (nSPS) is 16.9. The highest BCUT2D eigenvalue weighted by atomic mass is 16.2. The van der Waals surface area contributed by atoms with E-state index < -0.39 is 0 Å². The van der Waals surface area contributed by atoms with Crippen molar-refractivity contribution in [3.05, 3.63) is 53.3 Å². The predicted molar refractivity (Wildman–Crippen MR) is 99.1 cm³/mol. The average molecular weight is 354 g/mol. The fraction of sp³-hybridized carbons (Fsp3) is 0.450. The lowest BCUT2D eigenvalue weighted by Gasteiger charge is -2.24. The SMILES string of the molecule is CCn1ccc(CNC(=O)CC2CCC(=O)N2Cc2ccc(C)cc2)n1. The summed E-state index contributed by atoms with van der Waals surface area (Å²) in [7, 11) is 0. The van der Waals surface area contributed by atoms with E-state index in [1.807, 2.05) is 60.0 Å². The van der Waals surface area contributed by atoms with Gasteiger partial charge in [0.05, 0.1) is 12.2 Å². The first-order valence-electron chi connectivity index (χ1n) is 9.19. The minimum Gasteiger partial charge on any atom is -0.350 e. The molecule has 1 aliphatic heterocycles. The van der Waals surface area contributed by atoms with Crippen molar-refractivity contribution in [2.75, 3.05) is 0 Å². The molecule has 6 nitrogen and oxygen atoms in total. The number of hydrogen-bond donors (Lipinski definition) is 1. The zero-order valence-electron chi connectivity index (χ0n) is 15.4. The number of aryl methyl sites for hydroxylation is 2. The van der Waals surface area contributed by atoms with Gasteiger partial charge in [0, 0.05) is 38.2 Å². The van der Waals surface area contributed by atoms with Gasteiger partial charge in [0.1, 0.15) is 0 Å². The molecular formula is C20H26N4O2. The number of likely N-dealkylation sites (tertiary alicyclic amines) is 1. The largest absolute Gasteiger partial charge is 0.350 e. The van der Waals surface area contributed by atoms with E-state index in [0.29, 0.717) is 25.9 Å². The Morgan fingerprint density at radius 3 is 2.73 bits per heavy atom. The third-order valence-corrected chi connectivity index (χ3v) is 4.83. The van der Waals surface area contributed by atoms with Crippen LogP contribution in [0, 0.1) is 6.92 Å². The predicted octanol–water partition coefficient (Wildman–Crippen LogP) is 2.41. The maximum absolute atomic E-state index is 12.3. The van der Waals surface area contributed by atoms with Gasteiger partial charge in [-0.2, -0.15) is 5.10 Å². The van der Waals surface area contributed by atoms with Gasteiger partial charge in [0.25, 0.3) is 0 Å². The third-order valence-electron chi connectivity index (χ3n) is 4.83. The van der Waals surface area contributed by atoms with Crippen molar-refractivity contribution < 1.29 is 9.59 Å². The monoisotopic (exact) mass is 354 g/mol. The number of carbonyl (C=O) groups is 2. The topological polar surface area (TPSA) is 67.2 Å². The van der Waals surface area contributed by atoms with E-state index in [1.165, 1.54) is 5.56 Å². The molecule has 0 saturated carbocycles. The summed E-state index contributed by atoms with van der Waals surface area (Å²) in [4.78, 5) is 26.4. The van der Waals surface area contributed by atoms with Gasteiger partial charge in [-0.3, -0.25) is 14.3 Å². The molecule has 1 unspecified atom stereocenters. The molecule has 1 aromatic heterocycles. The molecule has 0 spiro atoms. The van der Waals surface area contributed by atoms with Gasteiger partial charge in [-0.25, -0.2) is 0 Å². The van der Waals surface area contributed by atoms with Crippen LogP contribution < -0.4 is 5.32 Å². The number of benzene rings is 1. The van der Waals surface area contributed by atoms with Crippen molar-refractivity contribution in [1.82, 2.24) is 20.0 Å². The van der Waals surface area contributed by atoms with Gasteiger partial charge in [-0.15, -0.1) is 0 Å². The van der Waals surface area contributed by atoms with E-state index in [2.05, 4.69) is 10.4 Å². The van der Waals surface area contributed by atoms with Gasteiger partial charge in [0.2, 0.25) is 11.8 Å². The van der Waals surface area contributed by atoms with Crippen LogP contribution in [0.1, 0.15) is 43.0 Å². The van der Waals surface area contributed by atoms with Crippen molar-refractivity contribution in [2.24, 2.45) is 0 Å². The lowest BCUT2D eigenvalue weighted by molar-refractivity contribution is -0.130. The number of hydrogen-bond acceptors (Lipinski definition) is 3. The summed E-state index contributed by atoms with van der Waals surface area (Å²) in [6, 6.07) is 10.1. The number of amides is 2. The summed E-state index contributed by atoms with van der Waals surface area (Å²) in [5, 5.41) is 7.28. The molecule has 1 aromatic carbocycles. The van der Waals surface area contributed by atoms with Crippen LogP contribution in [0.4, 0.5) is 0 Å². The second-order valence-electron chi connectivity index (χ2n) is 6.84. The Morgan fingerprint density at radius 1 is 1.27 bits per heavy atom. The Balaban J connectivity index is 1.54. The molecule has 1 saturated heterocycles. The summed E-state index contributed by atoms with van der Waals surface area (Å²) < 4.78 is 1.83. The van der Waals surface area contributed by atoms with Crippen molar-refractivity contribution in [3.8, 4) is 0 Å². The number of nitrogens with zero attached hydrogens (tertiary/aromatic N) is 3. The molecule has 0 aliphatic carbocycles. The molecule has 0 bridgehead atoms. The molecule has 138 valence electrons. The average Bonchev–Trinajstić information content (AvgIpc) is 3.23. The van der Waals surface area contributed by atoms with Crippen LogP contribution in [-0.2, 0) is 29.2 Å². The Labute approximate surface area is 154 Å². The van der Waals surface area contributed by atoms with E-state index in [4.69, 9.17) is 0 Å². The molecule has 0 radical (unpaired) electrons. The van der Waals surface area contributed by atoms with E-state index >= 15 is 0 Å².